The molecule has 0 bridgehead atoms. The van der Waals surface area contributed by atoms with Crippen LogP contribution in [0.15, 0.2) is 61.3 Å². The minimum atomic E-state index is -0.00213. The highest BCUT2D eigenvalue weighted by molar-refractivity contribution is 5.86. The lowest BCUT2D eigenvalue weighted by molar-refractivity contribution is -0.129. The smallest absolute Gasteiger partial charge is 0.243 e. The van der Waals surface area contributed by atoms with Gasteiger partial charge >= 0.3 is 0 Å². The molecule has 3 heterocycles. The minimum Gasteiger partial charge on any atom is -0.457 e. The monoisotopic (exact) mass is 387 g/mol. The van der Waals surface area contributed by atoms with Gasteiger partial charge in [0.1, 0.15) is 18.0 Å². The number of hydrogen-bond donors (Lipinski definition) is 0. The number of nitrogens with zero attached hydrogens (tertiary/aromatic N) is 5. The molecule has 4 rings (SSSR count). The quantitative estimate of drug-likeness (QED) is 0.522. The first-order valence-electron chi connectivity index (χ1n) is 9.21. The van der Waals surface area contributed by atoms with Crippen molar-refractivity contribution in [1.82, 2.24) is 24.6 Å². The summed E-state index contributed by atoms with van der Waals surface area (Å²) in [6, 6.07) is 9.60. The largest absolute Gasteiger partial charge is 0.457 e. The predicted octanol–water partition coefficient (Wildman–Crippen LogP) is 3.68. The molecule has 0 spiro atoms. The molecule has 4 aromatic rings. The van der Waals surface area contributed by atoms with Gasteiger partial charge in [-0.05, 0) is 36.2 Å². The molecule has 0 saturated heterocycles. The second-order valence-electron chi connectivity index (χ2n) is 7.00. The van der Waals surface area contributed by atoms with E-state index in [1.165, 1.54) is 0 Å². The topological polar surface area (TPSA) is 73.1 Å². The maximum atomic E-state index is 11.8. The third-order valence-electron chi connectivity index (χ3n) is 4.64. The number of likely N-dealkylation sites (N-methyl/N-ethyl adjacent to an activating group) is 1. The van der Waals surface area contributed by atoms with Crippen molar-refractivity contribution in [3.63, 3.8) is 0 Å². The number of aromatic nitrogens is 4. The average molecular weight is 387 g/mol. The summed E-state index contributed by atoms with van der Waals surface area (Å²) in [6.45, 7) is 2.20. The molecule has 0 saturated carbocycles. The van der Waals surface area contributed by atoms with Crippen LogP contribution in [0.2, 0.25) is 0 Å². The molecule has 0 atom stereocenters. The number of benzene rings is 1. The first-order chi connectivity index (χ1) is 14.0. The second-order valence-corrected chi connectivity index (χ2v) is 7.00. The number of ether oxygens (including phenoxy) is 1. The second kappa shape index (κ2) is 7.71. The van der Waals surface area contributed by atoms with Gasteiger partial charge in [0.05, 0.1) is 17.1 Å². The number of aryl methyl sites for hydroxylation is 1. The lowest BCUT2D eigenvalue weighted by Crippen LogP contribution is -2.26. The van der Waals surface area contributed by atoms with Gasteiger partial charge in [-0.15, -0.1) is 0 Å². The maximum absolute atomic E-state index is 11.8. The highest BCUT2D eigenvalue weighted by Gasteiger charge is 2.09. The molecular formula is C22H21N5O2. The summed E-state index contributed by atoms with van der Waals surface area (Å²) in [5.41, 5.74) is 3.83. The van der Waals surface area contributed by atoms with Crippen molar-refractivity contribution in [2.75, 3.05) is 14.1 Å². The zero-order valence-corrected chi connectivity index (χ0v) is 16.5. The summed E-state index contributed by atoms with van der Waals surface area (Å²) in [6.07, 6.45) is 8.91. The first-order valence-corrected chi connectivity index (χ1v) is 9.21. The molecule has 0 unspecified atom stereocenters. The summed E-state index contributed by atoms with van der Waals surface area (Å²) >= 11 is 0. The molecule has 1 aromatic carbocycles. The van der Waals surface area contributed by atoms with Crippen molar-refractivity contribution in [2.45, 2.75) is 13.5 Å². The Morgan fingerprint density at radius 2 is 1.86 bits per heavy atom. The van der Waals surface area contributed by atoms with Crippen LogP contribution in [-0.4, -0.2) is 44.7 Å². The van der Waals surface area contributed by atoms with Gasteiger partial charge in [-0.3, -0.25) is 19.4 Å². The molecule has 1 amide bonds. The first kappa shape index (κ1) is 18.6. The number of rotatable bonds is 5. The van der Waals surface area contributed by atoms with Crippen LogP contribution < -0.4 is 4.74 Å². The van der Waals surface area contributed by atoms with Crippen molar-refractivity contribution in [2.24, 2.45) is 0 Å². The van der Waals surface area contributed by atoms with Gasteiger partial charge in [0.15, 0.2) is 0 Å². The maximum Gasteiger partial charge on any atom is 0.243 e. The van der Waals surface area contributed by atoms with E-state index in [-0.39, 0.29) is 12.5 Å². The van der Waals surface area contributed by atoms with E-state index in [2.05, 4.69) is 15.1 Å². The van der Waals surface area contributed by atoms with E-state index in [9.17, 15) is 4.79 Å². The fourth-order valence-corrected chi connectivity index (χ4v) is 2.99. The van der Waals surface area contributed by atoms with Crippen LogP contribution in [0.1, 0.15) is 5.56 Å². The normalized spacial score (nSPS) is 10.9. The van der Waals surface area contributed by atoms with Crippen molar-refractivity contribution < 1.29 is 9.53 Å². The number of amides is 1. The van der Waals surface area contributed by atoms with Gasteiger partial charge in [-0.25, -0.2) is 0 Å². The molecule has 146 valence electrons. The Morgan fingerprint density at radius 3 is 2.62 bits per heavy atom. The standard InChI is InChI=1S/C22H21N5O2/c1-15-10-23-12-19-20(8-9-24-22(15)19)29-18-6-4-16(5-7-18)17-11-25-27(13-17)14-21(28)26(2)3/h4-13H,14H2,1-3H3. The molecule has 0 aliphatic rings. The highest BCUT2D eigenvalue weighted by atomic mass is 16.5. The molecule has 0 aliphatic heterocycles. The van der Waals surface area contributed by atoms with E-state index in [0.29, 0.717) is 5.75 Å². The molecule has 0 fully saturated rings. The number of fused-ring (bicyclic) bond motifs is 1. The van der Waals surface area contributed by atoms with Crippen molar-refractivity contribution in [3.05, 3.63) is 66.9 Å². The zero-order valence-electron chi connectivity index (χ0n) is 16.5. The lowest BCUT2D eigenvalue weighted by atomic mass is 10.1. The Labute approximate surface area is 168 Å². The average Bonchev–Trinajstić information content (AvgIpc) is 3.18. The predicted molar refractivity (Wildman–Crippen MR) is 111 cm³/mol. The van der Waals surface area contributed by atoms with Gasteiger partial charge in [-0.1, -0.05) is 12.1 Å². The van der Waals surface area contributed by atoms with Crippen LogP contribution in [0, 0.1) is 6.92 Å². The van der Waals surface area contributed by atoms with Gasteiger partial charge in [-0.2, -0.15) is 5.10 Å². The molecule has 0 N–H and O–H groups in total. The Balaban J connectivity index is 1.53. The van der Waals surface area contributed by atoms with Crippen LogP contribution in [-0.2, 0) is 11.3 Å². The Morgan fingerprint density at radius 1 is 1.07 bits per heavy atom. The lowest BCUT2D eigenvalue weighted by Gasteiger charge is -2.10. The number of hydrogen-bond acceptors (Lipinski definition) is 5. The Bertz CT molecular complexity index is 1170. The van der Waals surface area contributed by atoms with Gasteiger partial charge in [0.2, 0.25) is 5.91 Å². The van der Waals surface area contributed by atoms with Crippen molar-refractivity contribution in [1.29, 1.82) is 0 Å². The van der Waals surface area contributed by atoms with Crippen LogP contribution in [0.3, 0.4) is 0 Å². The zero-order chi connectivity index (χ0) is 20.4. The summed E-state index contributed by atoms with van der Waals surface area (Å²) in [7, 11) is 3.46. The SMILES string of the molecule is Cc1cncc2c(Oc3ccc(-c4cnn(CC(=O)N(C)C)c4)cc3)ccnc12. The van der Waals surface area contributed by atoms with E-state index in [1.54, 1.807) is 48.5 Å². The summed E-state index contributed by atoms with van der Waals surface area (Å²) in [5, 5.41) is 5.15. The minimum absolute atomic E-state index is 0.00213. The van der Waals surface area contributed by atoms with Crippen LogP contribution >= 0.6 is 0 Å². The van der Waals surface area contributed by atoms with Gasteiger partial charge in [0.25, 0.3) is 0 Å². The fraction of sp³-hybridized carbons (Fsp3) is 0.182. The third kappa shape index (κ3) is 3.94. The highest BCUT2D eigenvalue weighted by Crippen LogP contribution is 2.30. The fourth-order valence-electron chi connectivity index (χ4n) is 2.99. The van der Waals surface area contributed by atoms with E-state index in [4.69, 9.17) is 4.74 Å². The molecular weight excluding hydrogens is 366 g/mol. The van der Waals surface area contributed by atoms with E-state index in [0.717, 1.165) is 33.3 Å². The number of carbonyl (C=O) groups is 1. The summed E-state index contributed by atoms with van der Waals surface area (Å²) in [4.78, 5) is 22.0. The van der Waals surface area contributed by atoms with Crippen molar-refractivity contribution >= 4 is 16.8 Å². The van der Waals surface area contributed by atoms with Gasteiger partial charge in [0, 0.05) is 44.4 Å². The number of carbonyl (C=O) groups excluding carboxylic acids is 1. The van der Waals surface area contributed by atoms with Crippen LogP contribution in [0.25, 0.3) is 22.0 Å². The molecule has 0 aliphatic carbocycles. The molecule has 7 nitrogen and oxygen atoms in total. The summed E-state index contributed by atoms with van der Waals surface area (Å²) < 4.78 is 7.71. The Hall–Kier alpha value is -3.74. The van der Waals surface area contributed by atoms with E-state index in [1.807, 2.05) is 43.5 Å². The molecule has 29 heavy (non-hydrogen) atoms. The molecule has 7 heteroatoms. The van der Waals surface area contributed by atoms with Crippen LogP contribution in [0.4, 0.5) is 0 Å². The summed E-state index contributed by atoms with van der Waals surface area (Å²) in [5.74, 6) is 1.43. The van der Waals surface area contributed by atoms with E-state index >= 15 is 0 Å². The third-order valence-corrected chi connectivity index (χ3v) is 4.64. The Kier molecular flexibility index (Phi) is 4.95. The van der Waals surface area contributed by atoms with Gasteiger partial charge < -0.3 is 9.64 Å². The molecule has 3 aromatic heterocycles. The molecule has 0 radical (unpaired) electrons. The van der Waals surface area contributed by atoms with Crippen LogP contribution in [0.5, 0.6) is 11.5 Å². The van der Waals surface area contributed by atoms with Crippen molar-refractivity contribution in [3.8, 4) is 22.6 Å². The number of pyridine rings is 2. The van der Waals surface area contributed by atoms with E-state index < -0.39 is 0 Å².